The number of hydrogen-bond acceptors (Lipinski definition) is 4. The molecule has 1 aliphatic heterocycles. The van der Waals surface area contributed by atoms with Crippen molar-refractivity contribution in [2.24, 2.45) is 5.92 Å². The number of rotatable bonds is 5. The maximum absolute atomic E-state index is 12.7. The van der Waals surface area contributed by atoms with E-state index >= 15 is 0 Å². The number of carbonyl (C=O) groups excluding carboxylic acids is 1. The fraction of sp³-hybridized carbons (Fsp3) is 0.550. The molecule has 1 saturated heterocycles. The molecule has 1 atom stereocenters. The van der Waals surface area contributed by atoms with E-state index in [9.17, 15) is 9.59 Å². The lowest BCUT2D eigenvalue weighted by Crippen LogP contribution is -2.47. The summed E-state index contributed by atoms with van der Waals surface area (Å²) in [5.41, 5.74) is 0.746. The molecule has 1 amide bonds. The van der Waals surface area contributed by atoms with E-state index in [0.717, 1.165) is 56.2 Å². The highest BCUT2D eigenvalue weighted by Gasteiger charge is 2.29. The van der Waals surface area contributed by atoms with E-state index in [4.69, 9.17) is 5.11 Å². The highest BCUT2D eigenvalue weighted by molar-refractivity contribution is 5.85. The van der Waals surface area contributed by atoms with E-state index < -0.39 is 5.97 Å². The maximum Gasteiger partial charge on any atom is 0.328 e. The number of likely N-dealkylation sites (tertiary alicyclic amines) is 1. The van der Waals surface area contributed by atoms with Gasteiger partial charge in [0.2, 0.25) is 5.91 Å². The highest BCUT2D eigenvalue weighted by atomic mass is 16.4. The number of pyridine rings is 1. The zero-order chi connectivity index (χ0) is 18.4. The first kappa shape index (κ1) is 18.4. The number of carbonyl (C=O) groups is 2. The second kappa shape index (κ2) is 8.83. The summed E-state index contributed by atoms with van der Waals surface area (Å²) in [6.45, 7) is 1.59. The van der Waals surface area contributed by atoms with Crippen LogP contribution in [0, 0.1) is 5.92 Å². The minimum Gasteiger partial charge on any atom is -0.478 e. The number of anilines is 1. The SMILES string of the molecule is O=C(O)C=Cc1ccc(N[C@@H]2CCCN(C(=O)C3CCCCC3)C2)nc1. The predicted octanol–water partition coefficient (Wildman–Crippen LogP) is 3.16. The van der Waals surface area contributed by atoms with E-state index in [1.807, 2.05) is 17.0 Å². The Morgan fingerprint density at radius 3 is 2.65 bits per heavy atom. The molecule has 0 aromatic carbocycles. The first-order valence-corrected chi connectivity index (χ1v) is 9.54. The van der Waals surface area contributed by atoms with Crippen LogP contribution in [0.2, 0.25) is 0 Å². The molecule has 0 unspecified atom stereocenters. The van der Waals surface area contributed by atoms with Gasteiger partial charge in [-0.1, -0.05) is 19.3 Å². The predicted molar refractivity (Wildman–Crippen MR) is 101 cm³/mol. The van der Waals surface area contributed by atoms with E-state index in [2.05, 4.69) is 10.3 Å². The summed E-state index contributed by atoms with van der Waals surface area (Å²) in [5, 5.41) is 12.1. The van der Waals surface area contributed by atoms with Crippen LogP contribution in [-0.4, -0.2) is 46.0 Å². The van der Waals surface area contributed by atoms with Gasteiger partial charge in [0.1, 0.15) is 5.82 Å². The van der Waals surface area contributed by atoms with Crippen LogP contribution in [-0.2, 0) is 9.59 Å². The van der Waals surface area contributed by atoms with Crippen LogP contribution >= 0.6 is 0 Å². The second-order valence-electron chi connectivity index (χ2n) is 7.25. The molecule has 1 aliphatic carbocycles. The van der Waals surface area contributed by atoms with Gasteiger partial charge in [0.05, 0.1) is 0 Å². The smallest absolute Gasteiger partial charge is 0.328 e. The first-order valence-electron chi connectivity index (χ1n) is 9.54. The first-order chi connectivity index (χ1) is 12.6. The summed E-state index contributed by atoms with van der Waals surface area (Å²) in [6, 6.07) is 3.90. The van der Waals surface area contributed by atoms with E-state index in [1.165, 1.54) is 25.3 Å². The molecule has 0 bridgehead atoms. The molecule has 2 fully saturated rings. The van der Waals surface area contributed by atoms with Crippen molar-refractivity contribution < 1.29 is 14.7 Å². The Morgan fingerprint density at radius 2 is 1.96 bits per heavy atom. The number of nitrogens with one attached hydrogen (secondary N) is 1. The summed E-state index contributed by atoms with van der Waals surface area (Å²) in [4.78, 5) is 29.7. The van der Waals surface area contributed by atoms with E-state index in [1.54, 1.807) is 6.20 Å². The Morgan fingerprint density at radius 1 is 1.15 bits per heavy atom. The molecule has 6 heteroatoms. The zero-order valence-electron chi connectivity index (χ0n) is 15.1. The monoisotopic (exact) mass is 357 g/mol. The third-order valence-corrected chi connectivity index (χ3v) is 5.24. The van der Waals surface area contributed by atoms with Gasteiger partial charge in [0, 0.05) is 37.3 Å². The largest absolute Gasteiger partial charge is 0.478 e. The molecule has 2 heterocycles. The van der Waals surface area contributed by atoms with Gasteiger partial charge in [-0.2, -0.15) is 0 Å². The van der Waals surface area contributed by atoms with Crippen molar-refractivity contribution in [1.29, 1.82) is 0 Å². The second-order valence-corrected chi connectivity index (χ2v) is 7.25. The van der Waals surface area contributed by atoms with Crippen molar-refractivity contribution in [3.63, 3.8) is 0 Å². The fourth-order valence-electron chi connectivity index (χ4n) is 3.87. The topological polar surface area (TPSA) is 82.5 Å². The van der Waals surface area contributed by atoms with Crippen LogP contribution in [0.5, 0.6) is 0 Å². The van der Waals surface area contributed by atoms with Crippen molar-refractivity contribution in [2.45, 2.75) is 51.0 Å². The lowest BCUT2D eigenvalue weighted by atomic mass is 9.87. The minimum atomic E-state index is -0.975. The third kappa shape index (κ3) is 5.07. The molecule has 2 N–H and O–H groups in total. The standard InChI is InChI=1S/C20H27N3O3/c24-19(25)11-9-15-8-10-18(21-13-15)22-17-7-4-12-23(14-17)20(26)16-5-2-1-3-6-16/h8-11,13,16-17H,1-7,12,14H2,(H,21,22)(H,24,25)/t17-/m1/s1. The quantitative estimate of drug-likeness (QED) is 0.791. The number of aromatic nitrogens is 1. The van der Waals surface area contributed by atoms with E-state index in [0.29, 0.717) is 5.91 Å². The van der Waals surface area contributed by atoms with Gasteiger partial charge in [-0.15, -0.1) is 0 Å². The molecular formula is C20H27N3O3. The average Bonchev–Trinajstić information content (AvgIpc) is 2.68. The molecular weight excluding hydrogens is 330 g/mol. The summed E-state index contributed by atoms with van der Waals surface area (Å²) in [6.07, 6.45) is 12.0. The van der Waals surface area contributed by atoms with Crippen LogP contribution in [0.1, 0.15) is 50.5 Å². The third-order valence-electron chi connectivity index (χ3n) is 5.24. The molecule has 1 saturated carbocycles. The zero-order valence-corrected chi connectivity index (χ0v) is 15.1. The Bertz CT molecular complexity index is 651. The fourth-order valence-corrected chi connectivity index (χ4v) is 3.87. The number of piperidine rings is 1. The van der Waals surface area contributed by atoms with Gasteiger partial charge in [-0.05, 0) is 49.5 Å². The van der Waals surface area contributed by atoms with Gasteiger partial charge < -0.3 is 15.3 Å². The van der Waals surface area contributed by atoms with E-state index in [-0.39, 0.29) is 12.0 Å². The van der Waals surface area contributed by atoms with Crippen molar-refractivity contribution in [1.82, 2.24) is 9.88 Å². The Labute approximate surface area is 154 Å². The van der Waals surface area contributed by atoms with Crippen LogP contribution in [0.4, 0.5) is 5.82 Å². The number of carboxylic acid groups (broad SMARTS) is 1. The highest BCUT2D eigenvalue weighted by Crippen LogP contribution is 2.27. The summed E-state index contributed by atoms with van der Waals surface area (Å²) >= 11 is 0. The van der Waals surface area contributed by atoms with Crippen molar-refractivity contribution in [3.8, 4) is 0 Å². The number of nitrogens with zero attached hydrogens (tertiary/aromatic N) is 2. The minimum absolute atomic E-state index is 0.212. The molecule has 1 aromatic heterocycles. The lowest BCUT2D eigenvalue weighted by molar-refractivity contribution is -0.137. The van der Waals surface area contributed by atoms with Gasteiger partial charge in [-0.25, -0.2) is 9.78 Å². The van der Waals surface area contributed by atoms with Gasteiger partial charge >= 0.3 is 5.97 Å². The molecule has 6 nitrogen and oxygen atoms in total. The van der Waals surface area contributed by atoms with Crippen LogP contribution in [0.25, 0.3) is 6.08 Å². The Hall–Kier alpha value is -2.37. The normalized spacial score (nSPS) is 21.7. The number of carboxylic acids is 1. The van der Waals surface area contributed by atoms with Crippen molar-refractivity contribution in [3.05, 3.63) is 30.0 Å². The van der Waals surface area contributed by atoms with Gasteiger partial charge in [0.25, 0.3) is 0 Å². The molecule has 26 heavy (non-hydrogen) atoms. The molecule has 1 aromatic rings. The Kier molecular flexibility index (Phi) is 6.26. The number of amides is 1. The van der Waals surface area contributed by atoms with Crippen LogP contribution in [0.15, 0.2) is 24.4 Å². The van der Waals surface area contributed by atoms with Gasteiger partial charge in [-0.3, -0.25) is 4.79 Å². The molecule has 140 valence electrons. The summed E-state index contributed by atoms with van der Waals surface area (Å²) < 4.78 is 0. The maximum atomic E-state index is 12.7. The Balaban J connectivity index is 1.54. The lowest BCUT2D eigenvalue weighted by Gasteiger charge is -2.36. The molecule has 3 rings (SSSR count). The van der Waals surface area contributed by atoms with Crippen molar-refractivity contribution in [2.75, 3.05) is 18.4 Å². The van der Waals surface area contributed by atoms with Crippen LogP contribution in [0.3, 0.4) is 0 Å². The average molecular weight is 357 g/mol. The summed E-state index contributed by atoms with van der Waals surface area (Å²) in [7, 11) is 0. The van der Waals surface area contributed by atoms with Crippen molar-refractivity contribution >= 4 is 23.8 Å². The molecule has 2 aliphatic rings. The molecule has 0 spiro atoms. The number of hydrogen-bond donors (Lipinski definition) is 2. The van der Waals surface area contributed by atoms with Crippen LogP contribution < -0.4 is 5.32 Å². The molecule has 0 radical (unpaired) electrons. The summed E-state index contributed by atoms with van der Waals surface area (Å²) in [5.74, 6) is 0.339. The number of aliphatic carboxylic acids is 1. The van der Waals surface area contributed by atoms with Gasteiger partial charge in [0.15, 0.2) is 0 Å².